The van der Waals surface area contributed by atoms with Gasteiger partial charge in [-0.05, 0) is 12.8 Å². The molecule has 0 aromatic heterocycles. The van der Waals surface area contributed by atoms with Crippen molar-refractivity contribution in [3.63, 3.8) is 0 Å². The molecule has 11 heavy (non-hydrogen) atoms. The molecule has 0 heterocycles. The van der Waals surface area contributed by atoms with Gasteiger partial charge >= 0.3 is 0 Å². The molecule has 1 amide bonds. The number of carbonyl (C=O) groups is 1. The van der Waals surface area contributed by atoms with Gasteiger partial charge < -0.3 is 5.32 Å². The minimum absolute atomic E-state index is 0.0377. The molecule has 0 saturated heterocycles. The SMILES string of the molecule is O=CNC1CCCC(F)(F)C1. The first-order valence-corrected chi connectivity index (χ1v) is 3.71. The molecule has 1 N–H and O–H groups in total. The van der Waals surface area contributed by atoms with Gasteiger partial charge in [-0.3, -0.25) is 4.79 Å². The Balaban J connectivity index is 2.39. The molecular formula is C7H11F2NO. The first-order chi connectivity index (χ1) is 5.14. The van der Waals surface area contributed by atoms with Crippen molar-refractivity contribution in [1.82, 2.24) is 5.32 Å². The summed E-state index contributed by atoms with van der Waals surface area (Å²) in [6, 6.07) is -0.323. The van der Waals surface area contributed by atoms with Crippen molar-refractivity contribution in [3.8, 4) is 0 Å². The van der Waals surface area contributed by atoms with Gasteiger partial charge in [0.05, 0.1) is 0 Å². The van der Waals surface area contributed by atoms with E-state index in [2.05, 4.69) is 5.32 Å². The molecule has 0 aliphatic heterocycles. The largest absolute Gasteiger partial charge is 0.356 e. The van der Waals surface area contributed by atoms with Crippen LogP contribution < -0.4 is 5.32 Å². The van der Waals surface area contributed by atoms with Gasteiger partial charge in [-0.25, -0.2) is 8.78 Å². The Kier molecular flexibility index (Phi) is 2.42. The van der Waals surface area contributed by atoms with Crippen molar-refractivity contribution in [3.05, 3.63) is 0 Å². The Labute approximate surface area is 64.0 Å². The van der Waals surface area contributed by atoms with E-state index >= 15 is 0 Å². The smallest absolute Gasteiger partial charge is 0.250 e. The standard InChI is InChI=1S/C7H11F2NO/c8-7(9)3-1-2-6(4-7)10-5-11/h5-6H,1-4H2,(H,10,11). The highest BCUT2D eigenvalue weighted by molar-refractivity contribution is 5.46. The lowest BCUT2D eigenvalue weighted by Gasteiger charge is -2.28. The molecule has 1 fully saturated rings. The van der Waals surface area contributed by atoms with E-state index < -0.39 is 5.92 Å². The molecule has 1 saturated carbocycles. The molecule has 0 aromatic carbocycles. The third kappa shape index (κ3) is 2.44. The molecule has 0 spiro atoms. The van der Waals surface area contributed by atoms with Crippen LogP contribution in [0.4, 0.5) is 8.78 Å². The minimum Gasteiger partial charge on any atom is -0.356 e. The first kappa shape index (κ1) is 8.43. The molecule has 0 radical (unpaired) electrons. The van der Waals surface area contributed by atoms with Crippen LogP contribution in [-0.2, 0) is 4.79 Å². The van der Waals surface area contributed by atoms with Gasteiger partial charge in [0, 0.05) is 18.9 Å². The Bertz CT molecular complexity index is 149. The maximum atomic E-state index is 12.6. The summed E-state index contributed by atoms with van der Waals surface area (Å²) in [6.45, 7) is 0. The lowest BCUT2D eigenvalue weighted by atomic mass is 9.92. The fourth-order valence-electron chi connectivity index (χ4n) is 1.41. The zero-order valence-corrected chi connectivity index (χ0v) is 6.15. The Morgan fingerprint density at radius 3 is 2.82 bits per heavy atom. The number of hydrogen-bond acceptors (Lipinski definition) is 1. The van der Waals surface area contributed by atoms with Gasteiger partial charge in [0.25, 0.3) is 0 Å². The fraction of sp³-hybridized carbons (Fsp3) is 0.857. The highest BCUT2D eigenvalue weighted by Crippen LogP contribution is 2.32. The van der Waals surface area contributed by atoms with Crippen LogP contribution in [0.2, 0.25) is 0 Å². The summed E-state index contributed by atoms with van der Waals surface area (Å²) in [5.74, 6) is -2.57. The van der Waals surface area contributed by atoms with E-state index in [1.165, 1.54) is 0 Å². The minimum atomic E-state index is -2.57. The van der Waals surface area contributed by atoms with Crippen LogP contribution >= 0.6 is 0 Å². The van der Waals surface area contributed by atoms with Gasteiger partial charge in [-0.1, -0.05) is 0 Å². The zero-order valence-electron chi connectivity index (χ0n) is 6.15. The average Bonchev–Trinajstić information content (AvgIpc) is 1.85. The third-order valence-electron chi connectivity index (χ3n) is 1.94. The van der Waals surface area contributed by atoms with E-state index in [0.717, 1.165) is 0 Å². The van der Waals surface area contributed by atoms with Crippen LogP contribution in [0, 0.1) is 0 Å². The maximum absolute atomic E-state index is 12.6. The summed E-state index contributed by atoms with van der Waals surface area (Å²) in [5.41, 5.74) is 0. The molecule has 1 atom stereocenters. The highest BCUT2D eigenvalue weighted by Gasteiger charge is 2.35. The lowest BCUT2D eigenvalue weighted by molar-refractivity contribution is -0.111. The van der Waals surface area contributed by atoms with Crippen LogP contribution in [0.25, 0.3) is 0 Å². The normalized spacial score (nSPS) is 29.5. The Morgan fingerprint density at radius 2 is 2.27 bits per heavy atom. The second kappa shape index (κ2) is 3.15. The lowest BCUT2D eigenvalue weighted by Crippen LogP contribution is -2.38. The van der Waals surface area contributed by atoms with Crippen LogP contribution in [0.3, 0.4) is 0 Å². The molecule has 1 aliphatic rings. The molecule has 1 aliphatic carbocycles. The maximum Gasteiger partial charge on any atom is 0.250 e. The summed E-state index contributed by atoms with van der Waals surface area (Å²) in [4.78, 5) is 9.93. The zero-order chi connectivity index (χ0) is 8.32. The highest BCUT2D eigenvalue weighted by atomic mass is 19.3. The predicted molar refractivity (Wildman–Crippen MR) is 36.4 cm³/mol. The number of carbonyl (C=O) groups excluding carboxylic acids is 1. The Morgan fingerprint density at radius 1 is 1.55 bits per heavy atom. The number of hydrogen-bond donors (Lipinski definition) is 1. The van der Waals surface area contributed by atoms with Crippen molar-refractivity contribution in [2.75, 3.05) is 0 Å². The molecule has 64 valence electrons. The summed E-state index contributed by atoms with van der Waals surface area (Å²) in [5, 5.41) is 2.38. The van der Waals surface area contributed by atoms with Crippen molar-refractivity contribution in [2.24, 2.45) is 0 Å². The van der Waals surface area contributed by atoms with E-state index in [-0.39, 0.29) is 18.9 Å². The van der Waals surface area contributed by atoms with E-state index in [4.69, 9.17) is 0 Å². The quantitative estimate of drug-likeness (QED) is 0.611. The second-order valence-electron chi connectivity index (χ2n) is 2.93. The molecule has 4 heteroatoms. The van der Waals surface area contributed by atoms with Crippen LogP contribution in [0.5, 0.6) is 0 Å². The van der Waals surface area contributed by atoms with Crippen molar-refractivity contribution >= 4 is 6.41 Å². The van der Waals surface area contributed by atoms with Gasteiger partial charge in [0.15, 0.2) is 0 Å². The Hall–Kier alpha value is -0.670. The van der Waals surface area contributed by atoms with Crippen LogP contribution in [0.1, 0.15) is 25.7 Å². The fourth-order valence-corrected chi connectivity index (χ4v) is 1.41. The van der Waals surface area contributed by atoms with Gasteiger partial charge in [-0.2, -0.15) is 0 Å². The summed E-state index contributed by atoms with van der Waals surface area (Å²) >= 11 is 0. The van der Waals surface area contributed by atoms with Gasteiger partial charge in [0.1, 0.15) is 0 Å². The van der Waals surface area contributed by atoms with Crippen LogP contribution in [-0.4, -0.2) is 18.4 Å². The van der Waals surface area contributed by atoms with Crippen molar-refractivity contribution < 1.29 is 13.6 Å². The average molecular weight is 163 g/mol. The van der Waals surface area contributed by atoms with E-state index in [1.807, 2.05) is 0 Å². The number of nitrogens with one attached hydrogen (secondary N) is 1. The second-order valence-corrected chi connectivity index (χ2v) is 2.93. The van der Waals surface area contributed by atoms with E-state index in [9.17, 15) is 13.6 Å². The van der Waals surface area contributed by atoms with Crippen LogP contribution in [0.15, 0.2) is 0 Å². The monoisotopic (exact) mass is 163 g/mol. The van der Waals surface area contributed by atoms with Gasteiger partial charge in [-0.15, -0.1) is 0 Å². The summed E-state index contributed by atoms with van der Waals surface area (Å²) < 4.78 is 25.2. The molecule has 0 aromatic rings. The summed E-state index contributed by atoms with van der Waals surface area (Å²) in [7, 11) is 0. The van der Waals surface area contributed by atoms with E-state index in [0.29, 0.717) is 19.3 Å². The molecule has 0 bridgehead atoms. The molecule has 2 nitrogen and oxygen atoms in total. The summed E-state index contributed by atoms with van der Waals surface area (Å²) in [6.07, 6.45) is 1.43. The number of rotatable bonds is 2. The number of amides is 1. The van der Waals surface area contributed by atoms with Crippen molar-refractivity contribution in [2.45, 2.75) is 37.6 Å². The van der Waals surface area contributed by atoms with E-state index in [1.54, 1.807) is 0 Å². The molecular weight excluding hydrogens is 152 g/mol. The number of halogens is 2. The van der Waals surface area contributed by atoms with Crippen molar-refractivity contribution in [1.29, 1.82) is 0 Å². The molecule has 1 unspecified atom stereocenters. The third-order valence-corrected chi connectivity index (χ3v) is 1.94. The predicted octanol–water partition coefficient (Wildman–Crippen LogP) is 1.31. The topological polar surface area (TPSA) is 29.1 Å². The first-order valence-electron chi connectivity index (χ1n) is 3.71. The molecule has 1 rings (SSSR count). The van der Waals surface area contributed by atoms with Gasteiger partial charge in [0.2, 0.25) is 12.3 Å². The number of alkyl halides is 2.